The summed E-state index contributed by atoms with van der Waals surface area (Å²) < 4.78 is 15.9. The lowest BCUT2D eigenvalue weighted by molar-refractivity contribution is 0.280. The number of benzene rings is 1. The smallest absolute Gasteiger partial charge is 0.404 e. The molecule has 0 radical (unpaired) electrons. The lowest BCUT2D eigenvalue weighted by Crippen LogP contribution is -2.14. The van der Waals surface area contributed by atoms with Crippen LogP contribution < -0.4 is 4.52 Å². The molecule has 0 aliphatic carbocycles. The first-order valence-corrected chi connectivity index (χ1v) is 6.91. The third-order valence-corrected chi connectivity index (χ3v) is 3.12. The molecule has 0 aromatic heterocycles. The van der Waals surface area contributed by atoms with Crippen molar-refractivity contribution < 1.29 is 18.9 Å². The van der Waals surface area contributed by atoms with Crippen LogP contribution in [-0.2, 0) is 9.98 Å². The third-order valence-electron chi connectivity index (χ3n) is 2.69. The zero-order valence-corrected chi connectivity index (χ0v) is 11.7. The molecule has 0 heterocycles. The molecular formula is C12H19O4P. The molecule has 0 amide bonds. The minimum atomic E-state index is -4.53. The first-order chi connectivity index (χ1) is 7.52. The van der Waals surface area contributed by atoms with Gasteiger partial charge in [-0.05, 0) is 30.4 Å². The monoisotopic (exact) mass is 258 g/mol. The fraction of sp³-hybridized carbons (Fsp3) is 0.500. The highest BCUT2D eigenvalue weighted by Crippen LogP contribution is 2.44. The van der Waals surface area contributed by atoms with E-state index in [0.717, 1.165) is 16.7 Å². The second-order valence-corrected chi connectivity index (χ2v) is 6.38. The normalized spacial score (nSPS) is 12.6. The Morgan fingerprint density at radius 3 is 2.12 bits per heavy atom. The van der Waals surface area contributed by atoms with Crippen LogP contribution in [-0.4, -0.2) is 9.79 Å². The molecule has 4 nitrogen and oxygen atoms in total. The third kappa shape index (κ3) is 3.56. The summed E-state index contributed by atoms with van der Waals surface area (Å²) in [7, 11) is -4.53. The van der Waals surface area contributed by atoms with Gasteiger partial charge in [-0.2, -0.15) is 0 Å². The second-order valence-electron chi connectivity index (χ2n) is 5.22. The van der Waals surface area contributed by atoms with Gasteiger partial charge < -0.3 is 4.52 Å². The summed E-state index contributed by atoms with van der Waals surface area (Å²) in [6.45, 7) is 9.61. The predicted octanol–water partition coefficient (Wildman–Crippen LogP) is 3.07. The van der Waals surface area contributed by atoms with Gasteiger partial charge in [0.1, 0.15) is 5.75 Å². The van der Waals surface area contributed by atoms with Gasteiger partial charge in [-0.15, -0.1) is 0 Å². The SMILES string of the molecule is Cc1ccc(C(C)(C)C)c(OP(=O)(O)O)c1C. The predicted molar refractivity (Wildman–Crippen MR) is 67.3 cm³/mol. The van der Waals surface area contributed by atoms with Gasteiger partial charge in [-0.1, -0.05) is 32.9 Å². The van der Waals surface area contributed by atoms with Gasteiger partial charge in [0.15, 0.2) is 0 Å². The van der Waals surface area contributed by atoms with E-state index in [2.05, 4.69) is 0 Å². The summed E-state index contributed by atoms with van der Waals surface area (Å²) in [6.07, 6.45) is 0. The van der Waals surface area contributed by atoms with Gasteiger partial charge in [0.2, 0.25) is 0 Å². The molecule has 5 heteroatoms. The first kappa shape index (κ1) is 14.2. The van der Waals surface area contributed by atoms with Crippen molar-refractivity contribution in [1.29, 1.82) is 0 Å². The van der Waals surface area contributed by atoms with Crippen LogP contribution in [0.15, 0.2) is 12.1 Å². The van der Waals surface area contributed by atoms with E-state index in [1.807, 2.05) is 39.8 Å². The minimum absolute atomic E-state index is 0.233. The van der Waals surface area contributed by atoms with Crippen LogP contribution in [0.4, 0.5) is 0 Å². The van der Waals surface area contributed by atoms with Crippen molar-refractivity contribution in [1.82, 2.24) is 0 Å². The number of hydrogen-bond donors (Lipinski definition) is 2. The molecule has 17 heavy (non-hydrogen) atoms. The van der Waals surface area contributed by atoms with Gasteiger partial charge in [-0.3, -0.25) is 9.79 Å². The Labute approximate surface area is 102 Å². The Hall–Kier alpha value is -0.830. The molecule has 0 fully saturated rings. The van der Waals surface area contributed by atoms with E-state index in [4.69, 9.17) is 14.3 Å². The molecule has 0 aliphatic heterocycles. The number of phosphoric acid groups is 1. The summed E-state index contributed by atoms with van der Waals surface area (Å²) in [5.74, 6) is 0.297. The Bertz CT molecular complexity index is 468. The summed E-state index contributed by atoms with van der Waals surface area (Å²) in [6, 6.07) is 3.79. The molecule has 0 bridgehead atoms. The zero-order valence-electron chi connectivity index (χ0n) is 10.8. The Morgan fingerprint density at radius 2 is 1.71 bits per heavy atom. The lowest BCUT2D eigenvalue weighted by Gasteiger charge is -2.25. The highest BCUT2D eigenvalue weighted by atomic mass is 31.2. The molecule has 0 aliphatic rings. The topological polar surface area (TPSA) is 66.8 Å². The van der Waals surface area contributed by atoms with Crippen LogP contribution in [0.5, 0.6) is 5.75 Å². The Balaban J connectivity index is 3.43. The van der Waals surface area contributed by atoms with Crippen LogP contribution in [0.2, 0.25) is 0 Å². The van der Waals surface area contributed by atoms with Crippen molar-refractivity contribution in [2.75, 3.05) is 0 Å². The fourth-order valence-corrected chi connectivity index (χ4v) is 2.09. The van der Waals surface area contributed by atoms with Crippen LogP contribution in [0, 0.1) is 13.8 Å². The standard InChI is InChI=1S/C12H19O4P/c1-8-6-7-10(12(3,4)5)11(9(8)2)16-17(13,14)15/h6-7H,1-5H3,(H2,13,14,15). The van der Waals surface area contributed by atoms with Crippen molar-refractivity contribution in [3.05, 3.63) is 28.8 Å². The van der Waals surface area contributed by atoms with Crippen LogP contribution in [0.25, 0.3) is 0 Å². The Morgan fingerprint density at radius 1 is 1.18 bits per heavy atom. The summed E-state index contributed by atoms with van der Waals surface area (Å²) in [4.78, 5) is 17.9. The highest BCUT2D eigenvalue weighted by molar-refractivity contribution is 7.46. The van der Waals surface area contributed by atoms with Gasteiger partial charge >= 0.3 is 7.82 Å². The van der Waals surface area contributed by atoms with Gasteiger partial charge in [0, 0.05) is 5.56 Å². The molecule has 0 spiro atoms. The number of aryl methyl sites for hydroxylation is 1. The molecule has 1 aromatic carbocycles. The van der Waals surface area contributed by atoms with E-state index in [-0.39, 0.29) is 5.41 Å². The van der Waals surface area contributed by atoms with Crippen LogP contribution in [0.1, 0.15) is 37.5 Å². The van der Waals surface area contributed by atoms with E-state index in [1.54, 1.807) is 6.92 Å². The molecule has 96 valence electrons. The molecule has 0 unspecified atom stereocenters. The maximum Gasteiger partial charge on any atom is 0.524 e. The molecule has 0 atom stereocenters. The Kier molecular flexibility index (Phi) is 3.72. The quantitative estimate of drug-likeness (QED) is 0.800. The van der Waals surface area contributed by atoms with Crippen molar-refractivity contribution >= 4 is 7.82 Å². The van der Waals surface area contributed by atoms with Gasteiger partial charge in [0.25, 0.3) is 0 Å². The maximum atomic E-state index is 11.0. The average Bonchev–Trinajstić information content (AvgIpc) is 2.08. The van der Waals surface area contributed by atoms with Crippen molar-refractivity contribution in [2.24, 2.45) is 0 Å². The molecular weight excluding hydrogens is 239 g/mol. The van der Waals surface area contributed by atoms with E-state index >= 15 is 0 Å². The number of hydrogen-bond acceptors (Lipinski definition) is 2. The highest BCUT2D eigenvalue weighted by Gasteiger charge is 2.26. The molecule has 1 aromatic rings. The molecule has 0 saturated heterocycles. The average molecular weight is 258 g/mol. The summed E-state index contributed by atoms with van der Waals surface area (Å²) in [5.41, 5.74) is 2.27. The van der Waals surface area contributed by atoms with E-state index in [1.165, 1.54) is 0 Å². The van der Waals surface area contributed by atoms with Gasteiger partial charge in [-0.25, -0.2) is 4.57 Å². The number of rotatable bonds is 2. The zero-order chi connectivity index (χ0) is 13.4. The minimum Gasteiger partial charge on any atom is -0.404 e. The van der Waals surface area contributed by atoms with E-state index < -0.39 is 7.82 Å². The first-order valence-electron chi connectivity index (χ1n) is 5.38. The van der Waals surface area contributed by atoms with E-state index in [9.17, 15) is 4.57 Å². The lowest BCUT2D eigenvalue weighted by atomic mass is 9.84. The van der Waals surface area contributed by atoms with E-state index in [0.29, 0.717) is 5.75 Å². The second kappa shape index (κ2) is 4.45. The van der Waals surface area contributed by atoms with Crippen molar-refractivity contribution in [3.8, 4) is 5.75 Å². The summed E-state index contributed by atoms with van der Waals surface area (Å²) in [5, 5.41) is 0. The van der Waals surface area contributed by atoms with Crippen molar-refractivity contribution in [2.45, 2.75) is 40.0 Å². The summed E-state index contributed by atoms with van der Waals surface area (Å²) >= 11 is 0. The number of phosphoric ester groups is 1. The molecule has 2 N–H and O–H groups in total. The largest absolute Gasteiger partial charge is 0.524 e. The van der Waals surface area contributed by atoms with Crippen molar-refractivity contribution in [3.63, 3.8) is 0 Å². The fourth-order valence-electron chi connectivity index (χ4n) is 1.62. The maximum absolute atomic E-state index is 11.0. The van der Waals surface area contributed by atoms with Crippen LogP contribution in [0.3, 0.4) is 0 Å². The van der Waals surface area contributed by atoms with Crippen LogP contribution >= 0.6 is 7.82 Å². The molecule has 0 saturated carbocycles. The van der Waals surface area contributed by atoms with Gasteiger partial charge in [0.05, 0.1) is 0 Å². The molecule has 1 rings (SSSR count).